The van der Waals surface area contributed by atoms with E-state index in [-0.39, 0.29) is 19.0 Å². The third-order valence-electron chi connectivity index (χ3n) is 2.81. The monoisotopic (exact) mass is 257 g/mol. The highest BCUT2D eigenvalue weighted by atomic mass is 16.2. The van der Waals surface area contributed by atoms with Crippen LogP contribution in [0.2, 0.25) is 0 Å². The van der Waals surface area contributed by atoms with Crippen LogP contribution in [0.1, 0.15) is 5.82 Å². The van der Waals surface area contributed by atoms with E-state index in [1.54, 1.807) is 0 Å². The first-order valence-corrected chi connectivity index (χ1v) is 5.79. The zero-order chi connectivity index (χ0) is 13.2. The van der Waals surface area contributed by atoms with Gasteiger partial charge in [-0.3, -0.25) is 14.8 Å². The van der Waals surface area contributed by atoms with Gasteiger partial charge in [-0.05, 0) is 0 Å². The van der Waals surface area contributed by atoms with E-state index in [1.165, 1.54) is 0 Å². The van der Waals surface area contributed by atoms with Crippen molar-refractivity contribution in [3.05, 3.63) is 36.2 Å². The van der Waals surface area contributed by atoms with E-state index in [0.29, 0.717) is 11.6 Å². The van der Waals surface area contributed by atoms with Crippen molar-refractivity contribution in [2.75, 3.05) is 6.54 Å². The summed E-state index contributed by atoms with van der Waals surface area (Å²) in [5.41, 5.74) is 0.877. The molecule has 0 saturated carbocycles. The van der Waals surface area contributed by atoms with Crippen molar-refractivity contribution in [2.45, 2.75) is 6.54 Å². The van der Waals surface area contributed by atoms with Gasteiger partial charge in [0, 0.05) is 5.56 Å². The molecule has 2 aromatic rings. The van der Waals surface area contributed by atoms with Crippen molar-refractivity contribution in [2.24, 2.45) is 0 Å². The number of carbonyl (C=O) groups is 2. The Hall–Kier alpha value is -2.70. The highest BCUT2D eigenvalue weighted by molar-refractivity contribution is 6.01. The molecule has 1 fully saturated rings. The molecule has 0 bridgehead atoms. The Morgan fingerprint density at radius 2 is 2.00 bits per heavy atom. The van der Waals surface area contributed by atoms with Gasteiger partial charge < -0.3 is 5.32 Å². The molecule has 2 N–H and O–H groups in total. The number of nitrogens with one attached hydrogen (secondary N) is 2. The first kappa shape index (κ1) is 11.4. The number of aromatic amines is 1. The molecule has 1 saturated heterocycles. The Balaban J connectivity index is 1.79. The van der Waals surface area contributed by atoms with Crippen molar-refractivity contribution in [1.29, 1.82) is 0 Å². The second kappa shape index (κ2) is 4.52. The molecular formula is C12H11N5O2. The minimum absolute atomic E-state index is 0.0402. The highest BCUT2D eigenvalue weighted by Crippen LogP contribution is 2.14. The maximum absolute atomic E-state index is 11.4. The van der Waals surface area contributed by atoms with Crippen LogP contribution in [0.3, 0.4) is 0 Å². The fourth-order valence-electron chi connectivity index (χ4n) is 1.85. The molecule has 1 aliphatic heterocycles. The van der Waals surface area contributed by atoms with Gasteiger partial charge in [-0.15, -0.1) is 0 Å². The van der Waals surface area contributed by atoms with Crippen molar-refractivity contribution in [3.63, 3.8) is 0 Å². The summed E-state index contributed by atoms with van der Waals surface area (Å²) in [5.74, 6) is 0.759. The van der Waals surface area contributed by atoms with E-state index in [0.717, 1.165) is 10.5 Å². The number of aromatic nitrogens is 3. The zero-order valence-corrected chi connectivity index (χ0v) is 9.96. The largest absolute Gasteiger partial charge is 0.329 e. The lowest BCUT2D eigenvalue weighted by atomic mass is 10.2. The van der Waals surface area contributed by atoms with Gasteiger partial charge in [-0.2, -0.15) is 5.10 Å². The Morgan fingerprint density at radius 3 is 2.68 bits per heavy atom. The minimum atomic E-state index is -0.400. The molecule has 0 atom stereocenters. The molecule has 1 aromatic heterocycles. The standard InChI is InChI=1S/C12H11N5O2/c18-10-6-13-12(19)17(10)7-9-14-11(16-15-9)8-4-2-1-3-5-8/h1-5H,6-7H2,(H,13,19)(H,14,15,16). The Bertz CT molecular complexity index is 606. The van der Waals surface area contributed by atoms with Crippen molar-refractivity contribution < 1.29 is 9.59 Å². The number of carbonyl (C=O) groups excluding carboxylic acids is 2. The van der Waals surface area contributed by atoms with Gasteiger partial charge in [0.15, 0.2) is 5.82 Å². The van der Waals surface area contributed by atoms with Gasteiger partial charge in [0.05, 0.1) is 13.1 Å². The smallest absolute Gasteiger partial charge is 0.325 e. The lowest BCUT2D eigenvalue weighted by Gasteiger charge is -2.08. The van der Waals surface area contributed by atoms with Crippen LogP contribution in [0.4, 0.5) is 4.79 Å². The quantitative estimate of drug-likeness (QED) is 0.784. The predicted octanol–water partition coefficient (Wildman–Crippen LogP) is 0.524. The number of imide groups is 1. The van der Waals surface area contributed by atoms with Crippen LogP contribution in [0.15, 0.2) is 30.3 Å². The van der Waals surface area contributed by atoms with Crippen LogP contribution >= 0.6 is 0 Å². The summed E-state index contributed by atoms with van der Waals surface area (Å²) in [6.07, 6.45) is 0. The number of hydrogen-bond acceptors (Lipinski definition) is 4. The second-order valence-corrected chi connectivity index (χ2v) is 4.11. The average Bonchev–Trinajstić information content (AvgIpc) is 3.02. The lowest BCUT2D eigenvalue weighted by Crippen LogP contribution is -2.30. The van der Waals surface area contributed by atoms with Crippen LogP contribution in [0.25, 0.3) is 11.4 Å². The number of H-pyrrole nitrogens is 1. The highest BCUT2D eigenvalue weighted by Gasteiger charge is 2.29. The molecule has 0 unspecified atom stereocenters. The van der Waals surface area contributed by atoms with E-state index in [1.807, 2.05) is 30.3 Å². The zero-order valence-electron chi connectivity index (χ0n) is 9.96. The summed E-state index contributed by atoms with van der Waals surface area (Å²) in [5, 5.41) is 9.26. The molecule has 1 aromatic carbocycles. The molecule has 0 spiro atoms. The predicted molar refractivity (Wildman–Crippen MR) is 65.8 cm³/mol. The second-order valence-electron chi connectivity index (χ2n) is 4.11. The molecule has 96 valence electrons. The van der Waals surface area contributed by atoms with Crippen molar-refractivity contribution in [1.82, 2.24) is 25.4 Å². The summed E-state index contributed by atoms with van der Waals surface area (Å²) < 4.78 is 0. The molecule has 3 rings (SSSR count). The molecule has 2 heterocycles. The number of hydrogen-bond donors (Lipinski definition) is 2. The van der Waals surface area contributed by atoms with Gasteiger partial charge in [0.2, 0.25) is 5.91 Å². The molecule has 7 heteroatoms. The first-order chi connectivity index (χ1) is 9.24. The lowest BCUT2D eigenvalue weighted by molar-refractivity contribution is -0.125. The van der Waals surface area contributed by atoms with Gasteiger partial charge >= 0.3 is 6.03 Å². The summed E-state index contributed by atoms with van der Waals surface area (Å²) in [6, 6.07) is 9.07. The maximum atomic E-state index is 11.4. The van der Waals surface area contributed by atoms with E-state index in [9.17, 15) is 9.59 Å². The summed E-state index contributed by atoms with van der Waals surface area (Å²) in [7, 11) is 0. The molecule has 0 radical (unpaired) electrons. The number of urea groups is 1. The van der Waals surface area contributed by atoms with Gasteiger partial charge in [0.25, 0.3) is 0 Å². The molecule has 19 heavy (non-hydrogen) atoms. The first-order valence-electron chi connectivity index (χ1n) is 5.79. The normalized spacial score (nSPS) is 14.8. The molecule has 7 nitrogen and oxygen atoms in total. The van der Waals surface area contributed by atoms with Crippen LogP contribution in [-0.4, -0.2) is 38.6 Å². The third kappa shape index (κ3) is 2.17. The fourth-order valence-corrected chi connectivity index (χ4v) is 1.85. The van der Waals surface area contributed by atoms with E-state index in [4.69, 9.17) is 0 Å². The van der Waals surface area contributed by atoms with Crippen LogP contribution in [-0.2, 0) is 11.3 Å². The van der Waals surface area contributed by atoms with Crippen LogP contribution in [0, 0.1) is 0 Å². The average molecular weight is 257 g/mol. The van der Waals surface area contributed by atoms with Gasteiger partial charge in [0.1, 0.15) is 5.82 Å². The van der Waals surface area contributed by atoms with E-state index < -0.39 is 6.03 Å². The third-order valence-corrected chi connectivity index (χ3v) is 2.81. The Kier molecular flexibility index (Phi) is 2.71. The summed E-state index contributed by atoms with van der Waals surface area (Å²) >= 11 is 0. The number of amides is 3. The molecule has 1 aliphatic rings. The maximum Gasteiger partial charge on any atom is 0.325 e. The van der Waals surface area contributed by atoms with Crippen molar-refractivity contribution in [3.8, 4) is 11.4 Å². The molecule has 0 aliphatic carbocycles. The van der Waals surface area contributed by atoms with Crippen LogP contribution < -0.4 is 5.32 Å². The van der Waals surface area contributed by atoms with E-state index >= 15 is 0 Å². The Labute approximate surface area is 108 Å². The van der Waals surface area contributed by atoms with Crippen LogP contribution in [0.5, 0.6) is 0 Å². The minimum Gasteiger partial charge on any atom is -0.329 e. The van der Waals surface area contributed by atoms with Gasteiger partial charge in [-0.25, -0.2) is 9.78 Å². The number of nitrogens with zero attached hydrogens (tertiary/aromatic N) is 3. The summed E-state index contributed by atoms with van der Waals surface area (Å²) in [4.78, 5) is 28.2. The summed E-state index contributed by atoms with van der Waals surface area (Å²) in [6.45, 7) is 0.142. The molecular weight excluding hydrogens is 246 g/mol. The molecule has 3 amide bonds. The van der Waals surface area contributed by atoms with E-state index in [2.05, 4.69) is 20.5 Å². The topological polar surface area (TPSA) is 91.0 Å². The fraction of sp³-hybridized carbons (Fsp3) is 0.167. The van der Waals surface area contributed by atoms with Crippen molar-refractivity contribution >= 4 is 11.9 Å². The Morgan fingerprint density at radius 1 is 1.21 bits per heavy atom. The number of rotatable bonds is 3. The number of benzene rings is 1. The SMILES string of the molecule is O=C1CNC(=O)N1Cc1nc(-c2ccccc2)n[nH]1. The van der Waals surface area contributed by atoms with Gasteiger partial charge in [-0.1, -0.05) is 30.3 Å².